The summed E-state index contributed by atoms with van der Waals surface area (Å²) in [4.78, 5) is 49.5. The number of rotatable bonds is 44. The van der Waals surface area contributed by atoms with E-state index >= 15 is 0 Å². The van der Waals surface area contributed by atoms with Gasteiger partial charge in [-0.25, -0.2) is 14.4 Å². The van der Waals surface area contributed by atoms with Gasteiger partial charge in [-0.1, -0.05) is 161 Å². The molecule has 12 heteroatoms. The van der Waals surface area contributed by atoms with Crippen molar-refractivity contribution in [1.82, 2.24) is 24.8 Å². The summed E-state index contributed by atoms with van der Waals surface area (Å²) >= 11 is 0. The van der Waals surface area contributed by atoms with Gasteiger partial charge in [0, 0.05) is 32.5 Å². The van der Waals surface area contributed by atoms with E-state index in [4.69, 9.17) is 14.3 Å². The van der Waals surface area contributed by atoms with Gasteiger partial charge >= 0.3 is 18.1 Å². The highest BCUT2D eigenvalue weighted by Crippen LogP contribution is 2.28. The Morgan fingerprint density at radius 3 is 1.73 bits per heavy atom. The molecule has 0 aliphatic carbocycles. The number of carbonyl (C=O) groups is 2. The Morgan fingerprint density at radius 2 is 1.16 bits per heavy atom. The van der Waals surface area contributed by atoms with E-state index < -0.39 is 6.17 Å². The summed E-state index contributed by atoms with van der Waals surface area (Å²) in [5.74, 6) is -0.139. The van der Waals surface area contributed by atoms with Crippen LogP contribution in [0.2, 0.25) is 0 Å². The fourth-order valence-corrected chi connectivity index (χ4v) is 8.78. The third-order valence-electron chi connectivity index (χ3n) is 12.6. The molecule has 63 heavy (non-hydrogen) atoms. The van der Waals surface area contributed by atoms with Crippen LogP contribution in [-0.4, -0.2) is 94.3 Å². The summed E-state index contributed by atoms with van der Waals surface area (Å²) in [6.45, 7) is 9.80. The number of esters is 2. The smallest absolute Gasteiger partial charge is 0.315 e. The van der Waals surface area contributed by atoms with E-state index in [-0.39, 0.29) is 24.1 Å². The molecule has 0 amide bonds. The van der Waals surface area contributed by atoms with Crippen LogP contribution in [0.4, 0.5) is 0 Å². The molecule has 2 heterocycles. The molecule has 2 atom stereocenters. The average molecular weight is 890 g/mol. The number of hydrogen-bond donors (Lipinski definition) is 0. The summed E-state index contributed by atoms with van der Waals surface area (Å²) in [6, 6.07) is 0.0302. The largest absolute Gasteiger partial charge is 0.466 e. The van der Waals surface area contributed by atoms with Gasteiger partial charge < -0.3 is 14.4 Å². The molecule has 0 radical (unpaired) electrons. The lowest BCUT2D eigenvalue weighted by atomic mass is 10.0. The monoisotopic (exact) mass is 890 g/mol. The van der Waals surface area contributed by atoms with Crippen LogP contribution in [0.15, 0.2) is 6.20 Å². The summed E-state index contributed by atoms with van der Waals surface area (Å²) in [7, 11) is 4.02. The minimum Gasteiger partial charge on any atom is -0.466 e. The number of aromatic nitrogens is 3. The van der Waals surface area contributed by atoms with Crippen molar-refractivity contribution in [3.05, 3.63) is 16.8 Å². The van der Waals surface area contributed by atoms with Crippen molar-refractivity contribution in [2.75, 3.05) is 40.4 Å². The second kappa shape index (κ2) is 38.6. The van der Waals surface area contributed by atoms with E-state index in [9.17, 15) is 14.5 Å². The molecule has 2 rings (SSSR count). The van der Waals surface area contributed by atoms with Gasteiger partial charge in [0.15, 0.2) is 6.61 Å². The van der Waals surface area contributed by atoms with Crippen LogP contribution in [0.25, 0.3) is 0 Å². The van der Waals surface area contributed by atoms with Gasteiger partial charge in [0.1, 0.15) is 6.10 Å². The highest BCUT2D eigenvalue weighted by Gasteiger charge is 2.45. The van der Waals surface area contributed by atoms with Crippen molar-refractivity contribution in [1.29, 1.82) is 0 Å². The maximum Gasteiger partial charge on any atom is 0.315 e. The number of ether oxygens (including phenoxy) is 2. The van der Waals surface area contributed by atoms with Crippen LogP contribution in [0.5, 0.6) is 0 Å². The first-order chi connectivity index (χ1) is 30.8. The first kappa shape index (κ1) is 56.5. The standard InChI is InChI=1S/C51H97N6O6/c1-6-9-12-15-18-19-20-25-33-40-61-50(58)37-31-27-32-39-55-45-47(56-44-46(52-53-56)43-54(4)5)42-49(55)57(60)62-41-34-26-21-24-30-38-51(59)63-48(35-28-22-16-13-10-7-2)36-29-23-17-14-11-8-3/h44,47-49H,6-43,45H2,1-5H3/q+1/t47-,49+/m0/s1. The number of likely N-dealkylation sites (tertiary alicyclic amines) is 1. The number of hydrogen-bond acceptors (Lipinski definition) is 10. The predicted octanol–water partition coefficient (Wildman–Crippen LogP) is 13.0. The third kappa shape index (κ3) is 29.5. The van der Waals surface area contributed by atoms with Gasteiger partial charge in [0.05, 0.1) is 35.9 Å². The highest BCUT2D eigenvalue weighted by atomic mass is 16.8. The van der Waals surface area contributed by atoms with Crippen LogP contribution in [0.1, 0.15) is 251 Å². The Bertz CT molecular complexity index is 1250. The summed E-state index contributed by atoms with van der Waals surface area (Å²) in [5.41, 5.74) is 0.906. The second-order valence-electron chi connectivity index (χ2n) is 19.0. The Hall–Kier alpha value is -2.60. The van der Waals surface area contributed by atoms with Crippen molar-refractivity contribution >= 4 is 11.9 Å². The molecule has 1 aromatic heterocycles. The summed E-state index contributed by atoms with van der Waals surface area (Å²) < 4.78 is 13.4. The zero-order chi connectivity index (χ0) is 45.6. The molecule has 0 N–H and O–H groups in total. The van der Waals surface area contributed by atoms with E-state index in [2.05, 4.69) is 40.9 Å². The van der Waals surface area contributed by atoms with E-state index in [1.807, 2.05) is 25.0 Å². The topological polar surface area (TPSA) is 119 Å². The van der Waals surface area contributed by atoms with Crippen molar-refractivity contribution < 1.29 is 28.8 Å². The lowest BCUT2D eigenvalue weighted by Gasteiger charge is -2.18. The Kier molecular flexibility index (Phi) is 34.7. The normalized spacial score (nSPS) is 15.5. The number of unbranched alkanes of at least 4 members (excludes halogenated alkanes) is 24. The molecular weight excluding hydrogens is 793 g/mol. The lowest BCUT2D eigenvalue weighted by Crippen LogP contribution is -2.38. The Balaban J connectivity index is 1.69. The van der Waals surface area contributed by atoms with Crippen molar-refractivity contribution in [2.24, 2.45) is 0 Å². The van der Waals surface area contributed by atoms with Gasteiger partial charge in [-0.3, -0.25) is 9.59 Å². The zero-order valence-electron chi connectivity index (χ0n) is 41.5. The van der Waals surface area contributed by atoms with Gasteiger partial charge in [0.25, 0.3) is 0 Å². The molecule has 0 unspecified atom stereocenters. The van der Waals surface area contributed by atoms with Crippen molar-refractivity contribution in [3.63, 3.8) is 0 Å². The van der Waals surface area contributed by atoms with E-state index in [1.54, 1.807) is 0 Å². The number of nitrogens with zero attached hydrogens (tertiary/aromatic N) is 6. The average Bonchev–Trinajstić information content (AvgIpc) is 3.91. The second-order valence-corrected chi connectivity index (χ2v) is 19.0. The van der Waals surface area contributed by atoms with Gasteiger partial charge in [-0.2, -0.15) is 0 Å². The summed E-state index contributed by atoms with van der Waals surface area (Å²) in [6.07, 6.45) is 38.6. The molecule has 0 spiro atoms. The molecule has 1 saturated heterocycles. The lowest BCUT2D eigenvalue weighted by molar-refractivity contribution is -0.837. The van der Waals surface area contributed by atoms with Crippen LogP contribution in [0.3, 0.4) is 0 Å². The zero-order valence-corrected chi connectivity index (χ0v) is 41.5. The minimum atomic E-state index is -0.408. The van der Waals surface area contributed by atoms with Gasteiger partial charge in [0.2, 0.25) is 4.92 Å². The first-order valence-electron chi connectivity index (χ1n) is 26.5. The molecule has 12 nitrogen and oxygen atoms in total. The van der Waals surface area contributed by atoms with Crippen molar-refractivity contribution in [3.8, 4) is 0 Å². The quantitative estimate of drug-likeness (QED) is 0.0356. The fraction of sp³-hybridized carbons (Fsp3) is 0.922. The number of carbonyl (C=O) groups excluding carboxylic acids is 2. The van der Waals surface area contributed by atoms with Gasteiger partial charge in [-0.15, -0.1) is 5.10 Å². The third-order valence-corrected chi connectivity index (χ3v) is 12.6. The SMILES string of the molecule is CCCCCCCCCCCOC(=O)CCCCCN1C[C@@H](n2cc(CN(C)C)nn2)C[C@H]1[N+](=O)OCCCCCCCC(=O)OC(CCCCCCCC)CCCCCCCC. The molecule has 0 saturated carbocycles. The van der Waals surface area contributed by atoms with Crippen LogP contribution in [0, 0.1) is 4.91 Å². The maximum atomic E-state index is 13.4. The summed E-state index contributed by atoms with van der Waals surface area (Å²) in [5, 5.41) is 8.79. The molecule has 1 aromatic rings. The Labute approximate surface area is 385 Å². The highest BCUT2D eigenvalue weighted by molar-refractivity contribution is 5.69. The molecule has 1 aliphatic heterocycles. The predicted molar refractivity (Wildman–Crippen MR) is 256 cm³/mol. The van der Waals surface area contributed by atoms with Crippen molar-refractivity contribution in [2.45, 2.75) is 264 Å². The first-order valence-corrected chi connectivity index (χ1v) is 26.5. The molecular formula is C51H97N6O6+. The maximum absolute atomic E-state index is 13.4. The van der Waals surface area contributed by atoms with Crippen LogP contribution < -0.4 is 0 Å². The van der Waals surface area contributed by atoms with Crippen LogP contribution >= 0.6 is 0 Å². The van der Waals surface area contributed by atoms with Gasteiger partial charge in [-0.05, 0) is 78.3 Å². The van der Waals surface area contributed by atoms with E-state index in [1.165, 1.54) is 109 Å². The van der Waals surface area contributed by atoms with Crippen LogP contribution in [-0.2, 0) is 30.4 Å². The molecule has 1 aliphatic rings. The molecule has 0 aromatic carbocycles. The molecule has 0 bridgehead atoms. The van der Waals surface area contributed by atoms with E-state index in [0.717, 1.165) is 107 Å². The molecule has 1 fully saturated rings. The Morgan fingerprint density at radius 1 is 0.667 bits per heavy atom. The molecule has 366 valence electrons. The minimum absolute atomic E-state index is 0.0302. The van der Waals surface area contributed by atoms with E-state index in [0.29, 0.717) is 45.6 Å². The fourth-order valence-electron chi connectivity index (χ4n) is 8.78.